The van der Waals surface area contributed by atoms with Crippen LogP contribution in [-0.2, 0) is 28.8 Å². The number of nitrogens with one attached hydrogen (secondary N) is 2. The number of β-lactam (4-membered cyclic amide) rings is 1. The first-order valence-corrected chi connectivity index (χ1v) is 17.1. The summed E-state index contributed by atoms with van der Waals surface area (Å²) >= 11 is 8.10. The molecule has 4 rings (SSSR count). The zero-order valence-corrected chi connectivity index (χ0v) is 29.1. The van der Waals surface area contributed by atoms with Gasteiger partial charge in [0.1, 0.15) is 22.8 Å². The molecule has 0 aliphatic carbocycles. The summed E-state index contributed by atoms with van der Waals surface area (Å²) < 4.78 is 0. The maximum atomic E-state index is 13.4. The fraction of sp³-hybridized carbons (Fsp3) is 0.379. The summed E-state index contributed by atoms with van der Waals surface area (Å²) in [5, 5.41) is 56.2. The second-order valence-electron chi connectivity index (χ2n) is 11.0. The van der Waals surface area contributed by atoms with E-state index < -0.39 is 82.0 Å². The number of thioether (sulfide) groups is 1. The van der Waals surface area contributed by atoms with E-state index in [1.807, 2.05) is 11.8 Å². The molecule has 0 saturated carbocycles. The van der Waals surface area contributed by atoms with Crippen LogP contribution >= 0.6 is 34.7 Å². The third-order valence-corrected chi connectivity index (χ3v) is 10.2. The average molecular weight is 770 g/mol. The molecule has 0 spiro atoms. The predicted octanol–water partition coefficient (Wildman–Crippen LogP) is 0.318. The zero-order chi connectivity index (χ0) is 37.7. The van der Waals surface area contributed by atoms with Gasteiger partial charge in [-0.25, -0.2) is 14.6 Å². The molecule has 19 nitrogen and oxygen atoms in total. The largest absolute Gasteiger partial charge is 0.504 e. The summed E-state index contributed by atoms with van der Waals surface area (Å²) in [7, 11) is 0. The molecule has 1 saturated heterocycles. The van der Waals surface area contributed by atoms with Crippen molar-refractivity contribution in [3.8, 4) is 11.5 Å². The van der Waals surface area contributed by atoms with Gasteiger partial charge in [0.25, 0.3) is 17.7 Å². The van der Waals surface area contributed by atoms with Crippen molar-refractivity contribution in [2.75, 3.05) is 31.9 Å². The number of aliphatic carboxylic acids is 3. The van der Waals surface area contributed by atoms with Crippen molar-refractivity contribution in [1.82, 2.24) is 25.4 Å². The molecule has 1 aromatic heterocycles. The highest BCUT2D eigenvalue weighted by Gasteiger charge is 2.56. The Morgan fingerprint density at radius 1 is 1.20 bits per heavy atom. The number of anilines is 1. The minimum atomic E-state index is -1.95. The molecule has 9 N–H and O–H groups in total. The Kier molecular flexibility index (Phi) is 12.3. The number of aromatic nitrogens is 1. The van der Waals surface area contributed by atoms with Crippen molar-refractivity contribution in [2.45, 2.75) is 43.0 Å². The summed E-state index contributed by atoms with van der Waals surface area (Å²) in [6, 6.07) is 1.13. The molecular weight excluding hydrogens is 738 g/mol. The van der Waals surface area contributed by atoms with Gasteiger partial charge in [-0.05, 0) is 31.2 Å². The topological polar surface area (TPSA) is 295 Å². The predicted molar refractivity (Wildman–Crippen MR) is 181 cm³/mol. The van der Waals surface area contributed by atoms with Gasteiger partial charge in [-0.2, -0.15) is 0 Å². The van der Waals surface area contributed by atoms with Crippen LogP contribution in [0.4, 0.5) is 5.13 Å². The molecule has 1 unspecified atom stereocenters. The summed E-state index contributed by atoms with van der Waals surface area (Å²) in [4.78, 5) is 86.2. The number of nitrogen functional groups attached to an aromatic ring is 1. The maximum absolute atomic E-state index is 13.4. The summed E-state index contributed by atoms with van der Waals surface area (Å²) in [5.74, 6) is -8.06. The lowest BCUT2D eigenvalue weighted by molar-refractivity contribution is -0.156. The third-order valence-electron chi connectivity index (χ3n) is 7.69. The minimum absolute atomic E-state index is 0.0164. The number of carboxylic acid groups (broad SMARTS) is 3. The van der Waals surface area contributed by atoms with Crippen LogP contribution in [0.15, 0.2) is 33.9 Å². The summed E-state index contributed by atoms with van der Waals surface area (Å²) in [6.45, 7) is 4.46. The Balaban J connectivity index is 1.48. The van der Waals surface area contributed by atoms with E-state index in [4.69, 9.17) is 27.3 Å². The van der Waals surface area contributed by atoms with E-state index in [0.717, 1.165) is 22.3 Å². The Labute approximate surface area is 301 Å². The molecular formula is C29H32ClN7O12S2. The van der Waals surface area contributed by atoms with Gasteiger partial charge in [-0.15, -0.1) is 23.1 Å². The number of nitrogens with two attached hydrogens (primary N) is 1. The van der Waals surface area contributed by atoms with Crippen molar-refractivity contribution in [3.05, 3.63) is 45.1 Å². The molecule has 0 radical (unpaired) electrons. The molecule has 2 aliphatic heterocycles. The molecule has 274 valence electrons. The number of phenols is 2. The Morgan fingerprint density at radius 2 is 1.90 bits per heavy atom. The van der Waals surface area contributed by atoms with Gasteiger partial charge in [-0.1, -0.05) is 23.7 Å². The summed E-state index contributed by atoms with van der Waals surface area (Å²) in [5.41, 5.74) is 5.02. The normalized spacial score (nSPS) is 19.2. The van der Waals surface area contributed by atoms with Crippen LogP contribution < -0.4 is 16.4 Å². The maximum Gasteiger partial charge on any atom is 0.352 e. The average Bonchev–Trinajstić information content (AvgIpc) is 3.50. The van der Waals surface area contributed by atoms with Crippen LogP contribution in [-0.4, -0.2) is 131 Å². The fourth-order valence-electron chi connectivity index (χ4n) is 5.05. The van der Waals surface area contributed by atoms with Crippen LogP contribution in [0.2, 0.25) is 5.02 Å². The van der Waals surface area contributed by atoms with E-state index in [-0.39, 0.29) is 46.7 Å². The molecule has 2 aliphatic rings. The number of hydrogen-bond acceptors (Lipinski definition) is 15. The van der Waals surface area contributed by atoms with E-state index in [0.29, 0.717) is 12.1 Å². The van der Waals surface area contributed by atoms with Crippen LogP contribution in [0.25, 0.3) is 0 Å². The molecule has 3 amide bonds. The van der Waals surface area contributed by atoms with Crippen molar-refractivity contribution in [1.29, 1.82) is 0 Å². The summed E-state index contributed by atoms with van der Waals surface area (Å²) in [6.07, 6.45) is -2.93. The number of phenolic OH excluding ortho intramolecular Hbond substituents is 2. The van der Waals surface area contributed by atoms with E-state index in [1.165, 1.54) is 23.2 Å². The number of rotatable bonds is 16. The number of nitrogens with zero attached hydrogens (tertiary/aromatic N) is 4. The molecule has 4 atom stereocenters. The molecule has 2 aromatic rings. The molecule has 0 bridgehead atoms. The standard InChI is InChI=1S/C29H32ClN7O12S2/c1-3-36(7-6-32-23(42)12-4-5-15(38)22(41)18(12)30)9-13-11(2)51-26-20(25(44)37(26)21(13)28(47)48)34-24(43)19(14-10-50-29(31)33-14)35-49-16(27(45)46)8-17(39)40/h4-5,10-11,16,20,26,38,41H,3,6-9H2,1-2H3,(H2,31,33)(H,32,42)(H,34,43)(H,39,40)(H,45,46)(H,47,48)/b35-19-/t11-,16-,20?,26+/m0/s1. The quantitative estimate of drug-likeness (QED) is 0.0493. The van der Waals surface area contributed by atoms with Gasteiger partial charge in [0, 0.05) is 30.3 Å². The number of aromatic hydroxyl groups is 2. The number of hydrogen-bond donors (Lipinski definition) is 8. The number of carboxylic acids is 3. The second-order valence-corrected chi connectivity index (χ2v) is 13.7. The second kappa shape index (κ2) is 16.3. The van der Waals surface area contributed by atoms with Gasteiger partial charge >= 0.3 is 17.9 Å². The van der Waals surface area contributed by atoms with Crippen LogP contribution in [0.3, 0.4) is 0 Å². The highest BCUT2D eigenvalue weighted by Crippen LogP contribution is 2.44. The molecule has 51 heavy (non-hydrogen) atoms. The van der Waals surface area contributed by atoms with Crippen LogP contribution in [0.1, 0.15) is 36.3 Å². The first-order chi connectivity index (χ1) is 24.0. The molecule has 1 aromatic carbocycles. The number of thiazole rings is 1. The van der Waals surface area contributed by atoms with Gasteiger partial charge in [0.15, 0.2) is 22.3 Å². The highest BCUT2D eigenvalue weighted by molar-refractivity contribution is 8.00. The van der Waals surface area contributed by atoms with Crippen molar-refractivity contribution >= 4 is 81.2 Å². The van der Waals surface area contributed by atoms with Crippen molar-refractivity contribution in [3.63, 3.8) is 0 Å². The van der Waals surface area contributed by atoms with Gasteiger partial charge < -0.3 is 46.7 Å². The third kappa shape index (κ3) is 8.61. The fourth-order valence-corrected chi connectivity index (χ4v) is 7.29. The van der Waals surface area contributed by atoms with Crippen molar-refractivity contribution < 1.29 is 59.1 Å². The molecule has 3 heterocycles. The monoisotopic (exact) mass is 769 g/mol. The van der Waals surface area contributed by atoms with Crippen LogP contribution in [0.5, 0.6) is 11.5 Å². The number of likely N-dealkylation sites (N-methyl/N-ethyl adjacent to an activating group) is 1. The van der Waals surface area contributed by atoms with Gasteiger partial charge in [0.05, 0.1) is 17.0 Å². The Bertz CT molecular complexity index is 1820. The number of oxime groups is 1. The van der Waals surface area contributed by atoms with E-state index in [1.54, 1.807) is 6.92 Å². The van der Waals surface area contributed by atoms with Crippen molar-refractivity contribution in [2.24, 2.45) is 5.16 Å². The number of carbonyl (C=O) groups excluding carboxylic acids is 3. The van der Waals surface area contributed by atoms with E-state index in [2.05, 4.69) is 20.8 Å². The Hall–Kier alpha value is -5.12. The smallest absolute Gasteiger partial charge is 0.352 e. The SMILES string of the molecule is CCN(CCNC(=O)c1ccc(O)c(O)c1Cl)CC1=C(C(=O)O)N2C(=O)C(NC(=O)/C(=N\O[C@@H](CC(=O)O)C(=O)O)c3csc(N)n3)[C@H]2S[C@H]1C. The zero-order valence-electron chi connectivity index (χ0n) is 26.7. The number of amides is 3. The lowest BCUT2D eigenvalue weighted by Crippen LogP contribution is -2.71. The first-order valence-electron chi connectivity index (χ1n) is 14.9. The number of halogens is 1. The first kappa shape index (κ1) is 38.7. The Morgan fingerprint density at radius 3 is 2.49 bits per heavy atom. The number of benzene rings is 1. The molecule has 22 heteroatoms. The van der Waals surface area contributed by atoms with E-state index in [9.17, 15) is 49.2 Å². The van der Waals surface area contributed by atoms with E-state index >= 15 is 0 Å². The highest BCUT2D eigenvalue weighted by atomic mass is 35.5. The van der Waals surface area contributed by atoms with Gasteiger partial charge in [0.2, 0.25) is 6.10 Å². The van der Waals surface area contributed by atoms with Crippen LogP contribution in [0, 0.1) is 0 Å². The number of fused-ring (bicyclic) bond motifs is 1. The minimum Gasteiger partial charge on any atom is -0.504 e. The lowest BCUT2D eigenvalue weighted by atomic mass is 10.00. The molecule has 1 fully saturated rings. The van der Waals surface area contributed by atoms with Gasteiger partial charge in [-0.3, -0.25) is 29.0 Å². The number of carbonyl (C=O) groups is 6. The lowest BCUT2D eigenvalue weighted by Gasteiger charge is -2.51.